The van der Waals surface area contributed by atoms with Gasteiger partial charge in [0.1, 0.15) is 5.75 Å². The highest BCUT2D eigenvalue weighted by atomic mass is 16.5. The van der Waals surface area contributed by atoms with Gasteiger partial charge in [-0.1, -0.05) is 38.3 Å². The van der Waals surface area contributed by atoms with Crippen molar-refractivity contribution in [1.29, 1.82) is 0 Å². The average Bonchev–Trinajstić information content (AvgIpc) is 2.30. The van der Waals surface area contributed by atoms with E-state index in [0.717, 1.165) is 17.7 Å². The predicted octanol–water partition coefficient (Wildman–Crippen LogP) is 3.58. The highest BCUT2D eigenvalue weighted by molar-refractivity contribution is 5.37. The standard InChI is InChI=1S/C14H23NO/c1-4-5-6-7-13(15)12-9-8-11(2)14(10-12)16-3/h8-10,13H,4-7,15H2,1-3H3. The Hall–Kier alpha value is -1.02. The number of rotatable bonds is 6. The second kappa shape index (κ2) is 6.54. The Balaban J connectivity index is 2.64. The fourth-order valence-corrected chi connectivity index (χ4v) is 1.85. The van der Waals surface area contributed by atoms with Crippen molar-refractivity contribution >= 4 is 0 Å². The van der Waals surface area contributed by atoms with Crippen molar-refractivity contribution in [2.24, 2.45) is 5.73 Å². The molecule has 0 heterocycles. The molecule has 1 rings (SSSR count). The molecule has 2 N–H and O–H groups in total. The average molecular weight is 221 g/mol. The maximum atomic E-state index is 6.15. The number of ether oxygens (including phenoxy) is 1. The van der Waals surface area contributed by atoms with Crippen molar-refractivity contribution in [1.82, 2.24) is 0 Å². The summed E-state index contributed by atoms with van der Waals surface area (Å²) in [4.78, 5) is 0. The van der Waals surface area contributed by atoms with Crippen molar-refractivity contribution in [2.75, 3.05) is 7.11 Å². The van der Waals surface area contributed by atoms with Gasteiger partial charge in [-0.2, -0.15) is 0 Å². The van der Waals surface area contributed by atoms with Crippen molar-refractivity contribution in [3.05, 3.63) is 29.3 Å². The molecule has 0 spiro atoms. The highest BCUT2D eigenvalue weighted by Crippen LogP contribution is 2.24. The summed E-state index contributed by atoms with van der Waals surface area (Å²) in [6.45, 7) is 4.26. The maximum Gasteiger partial charge on any atom is 0.122 e. The molecule has 1 aromatic carbocycles. The number of unbranched alkanes of at least 4 members (excludes halogenated alkanes) is 2. The fourth-order valence-electron chi connectivity index (χ4n) is 1.85. The van der Waals surface area contributed by atoms with E-state index in [2.05, 4.69) is 25.1 Å². The first-order chi connectivity index (χ1) is 7.69. The third-order valence-corrected chi connectivity index (χ3v) is 2.98. The molecular formula is C14H23NO. The van der Waals surface area contributed by atoms with Gasteiger partial charge in [-0.15, -0.1) is 0 Å². The molecule has 0 aliphatic carbocycles. The summed E-state index contributed by atoms with van der Waals surface area (Å²) in [6.07, 6.45) is 4.76. The summed E-state index contributed by atoms with van der Waals surface area (Å²) in [5.41, 5.74) is 8.49. The second-order valence-corrected chi connectivity index (χ2v) is 4.33. The van der Waals surface area contributed by atoms with Crippen LogP contribution in [0, 0.1) is 6.92 Å². The van der Waals surface area contributed by atoms with E-state index in [9.17, 15) is 0 Å². The highest BCUT2D eigenvalue weighted by Gasteiger charge is 2.07. The summed E-state index contributed by atoms with van der Waals surface area (Å²) in [5.74, 6) is 0.934. The summed E-state index contributed by atoms with van der Waals surface area (Å²) < 4.78 is 5.31. The van der Waals surface area contributed by atoms with E-state index in [1.165, 1.54) is 24.8 Å². The molecule has 2 nitrogen and oxygen atoms in total. The van der Waals surface area contributed by atoms with Crippen molar-refractivity contribution in [3.63, 3.8) is 0 Å². The molecule has 0 amide bonds. The summed E-state index contributed by atoms with van der Waals surface area (Å²) >= 11 is 0. The number of hydrogen-bond acceptors (Lipinski definition) is 2. The number of hydrogen-bond donors (Lipinski definition) is 1. The van der Waals surface area contributed by atoms with E-state index in [1.54, 1.807) is 7.11 Å². The van der Waals surface area contributed by atoms with Gasteiger partial charge < -0.3 is 10.5 Å². The Morgan fingerprint density at radius 2 is 2.06 bits per heavy atom. The Kier molecular flexibility index (Phi) is 5.33. The predicted molar refractivity (Wildman–Crippen MR) is 68.8 cm³/mol. The molecule has 0 saturated heterocycles. The molecule has 0 aliphatic heterocycles. The van der Waals surface area contributed by atoms with Crippen molar-refractivity contribution < 1.29 is 4.74 Å². The van der Waals surface area contributed by atoms with E-state index in [4.69, 9.17) is 10.5 Å². The van der Waals surface area contributed by atoms with Gasteiger partial charge in [-0.05, 0) is 30.5 Å². The van der Waals surface area contributed by atoms with Crippen LogP contribution in [-0.4, -0.2) is 7.11 Å². The van der Waals surface area contributed by atoms with Crippen LogP contribution in [0.1, 0.15) is 49.8 Å². The Morgan fingerprint density at radius 1 is 1.31 bits per heavy atom. The van der Waals surface area contributed by atoms with Crippen LogP contribution in [0.3, 0.4) is 0 Å². The van der Waals surface area contributed by atoms with Gasteiger partial charge in [0, 0.05) is 6.04 Å². The lowest BCUT2D eigenvalue weighted by atomic mass is 10.00. The number of methoxy groups -OCH3 is 1. The molecule has 16 heavy (non-hydrogen) atoms. The SMILES string of the molecule is CCCCCC(N)c1ccc(C)c(OC)c1. The normalized spacial score (nSPS) is 12.5. The van der Waals surface area contributed by atoms with Gasteiger partial charge in [-0.25, -0.2) is 0 Å². The summed E-state index contributed by atoms with van der Waals surface area (Å²) in [5, 5.41) is 0. The monoisotopic (exact) mass is 221 g/mol. The van der Waals surface area contributed by atoms with Crippen LogP contribution in [0.5, 0.6) is 5.75 Å². The van der Waals surface area contributed by atoms with Gasteiger partial charge >= 0.3 is 0 Å². The topological polar surface area (TPSA) is 35.2 Å². The number of nitrogens with two attached hydrogens (primary N) is 1. The molecular weight excluding hydrogens is 198 g/mol. The van der Waals surface area contributed by atoms with Gasteiger partial charge in [0.25, 0.3) is 0 Å². The molecule has 1 aromatic rings. The minimum Gasteiger partial charge on any atom is -0.496 e. The molecule has 0 fully saturated rings. The van der Waals surface area contributed by atoms with Crippen molar-refractivity contribution in [3.8, 4) is 5.75 Å². The molecule has 2 heteroatoms. The Labute approximate surface area is 98.8 Å². The van der Waals surface area contributed by atoms with Crippen molar-refractivity contribution in [2.45, 2.75) is 45.6 Å². The second-order valence-electron chi connectivity index (χ2n) is 4.33. The van der Waals surface area contributed by atoms with Crippen LogP contribution < -0.4 is 10.5 Å². The van der Waals surface area contributed by atoms with Gasteiger partial charge in [0.15, 0.2) is 0 Å². The molecule has 1 atom stereocenters. The van der Waals surface area contributed by atoms with Crippen LogP contribution in [0.2, 0.25) is 0 Å². The van der Waals surface area contributed by atoms with Crippen LogP contribution >= 0.6 is 0 Å². The van der Waals surface area contributed by atoms with Gasteiger partial charge in [0.05, 0.1) is 7.11 Å². The van der Waals surface area contributed by atoms with Crippen LogP contribution in [-0.2, 0) is 0 Å². The van der Waals surface area contributed by atoms with E-state index in [-0.39, 0.29) is 6.04 Å². The lowest BCUT2D eigenvalue weighted by Crippen LogP contribution is -2.10. The zero-order valence-electron chi connectivity index (χ0n) is 10.6. The van der Waals surface area contributed by atoms with Gasteiger partial charge in [-0.3, -0.25) is 0 Å². The zero-order valence-corrected chi connectivity index (χ0v) is 10.6. The molecule has 0 aromatic heterocycles. The summed E-state index contributed by atoms with van der Waals surface area (Å²) in [6, 6.07) is 6.38. The molecule has 0 aliphatic rings. The van der Waals surface area contributed by atoms with Crippen LogP contribution in [0.15, 0.2) is 18.2 Å². The Morgan fingerprint density at radius 3 is 2.69 bits per heavy atom. The molecule has 0 saturated carbocycles. The minimum atomic E-state index is 0.140. The lowest BCUT2D eigenvalue weighted by molar-refractivity contribution is 0.410. The lowest BCUT2D eigenvalue weighted by Gasteiger charge is -2.14. The number of benzene rings is 1. The Bertz CT molecular complexity index is 323. The first kappa shape index (κ1) is 13.0. The summed E-state index contributed by atoms with van der Waals surface area (Å²) in [7, 11) is 1.70. The van der Waals surface area contributed by atoms with E-state index < -0.39 is 0 Å². The fraction of sp³-hybridized carbons (Fsp3) is 0.571. The van der Waals surface area contributed by atoms with E-state index >= 15 is 0 Å². The molecule has 0 bridgehead atoms. The van der Waals surface area contributed by atoms with E-state index in [0.29, 0.717) is 0 Å². The van der Waals surface area contributed by atoms with Crippen LogP contribution in [0.25, 0.3) is 0 Å². The first-order valence-corrected chi connectivity index (χ1v) is 6.09. The molecule has 90 valence electrons. The third kappa shape index (κ3) is 3.53. The molecule has 1 unspecified atom stereocenters. The maximum absolute atomic E-state index is 6.15. The minimum absolute atomic E-state index is 0.140. The quantitative estimate of drug-likeness (QED) is 0.745. The van der Waals surface area contributed by atoms with Crippen LogP contribution in [0.4, 0.5) is 0 Å². The third-order valence-electron chi connectivity index (χ3n) is 2.98. The van der Waals surface area contributed by atoms with Gasteiger partial charge in [0.2, 0.25) is 0 Å². The number of aryl methyl sites for hydroxylation is 1. The first-order valence-electron chi connectivity index (χ1n) is 6.09. The largest absolute Gasteiger partial charge is 0.496 e. The zero-order chi connectivity index (χ0) is 12.0. The smallest absolute Gasteiger partial charge is 0.122 e. The van der Waals surface area contributed by atoms with E-state index in [1.807, 2.05) is 6.92 Å². The molecule has 0 radical (unpaired) electrons.